The van der Waals surface area contributed by atoms with Gasteiger partial charge < -0.3 is 15.5 Å². The Labute approximate surface area is 227 Å². The smallest absolute Gasteiger partial charge is 0.262 e. The molecule has 3 saturated heterocycles. The summed E-state index contributed by atoms with van der Waals surface area (Å²) in [7, 11) is 0. The predicted octanol–water partition coefficient (Wildman–Crippen LogP) is 1.71. The van der Waals surface area contributed by atoms with Crippen LogP contribution in [0.4, 0.5) is 17.1 Å². The first kappa shape index (κ1) is 25.4. The summed E-state index contributed by atoms with van der Waals surface area (Å²) >= 11 is 0. The van der Waals surface area contributed by atoms with E-state index >= 15 is 0 Å². The van der Waals surface area contributed by atoms with Crippen molar-refractivity contribution in [3.8, 4) is 0 Å². The zero-order valence-electron chi connectivity index (χ0n) is 22.0. The number of nitrogen functional groups attached to an aromatic ring is 1. The summed E-state index contributed by atoms with van der Waals surface area (Å²) in [5.74, 6) is -1.26. The molecule has 0 aromatic heterocycles. The highest BCUT2D eigenvalue weighted by molar-refractivity contribution is 6.23. The van der Waals surface area contributed by atoms with Gasteiger partial charge in [-0.15, -0.1) is 0 Å². The van der Waals surface area contributed by atoms with Crippen molar-refractivity contribution in [2.24, 2.45) is 5.92 Å². The van der Waals surface area contributed by atoms with E-state index in [2.05, 4.69) is 32.1 Å². The summed E-state index contributed by atoms with van der Waals surface area (Å²) in [5, 5.41) is 2.24. The van der Waals surface area contributed by atoms with Crippen LogP contribution in [0, 0.1) is 5.92 Å². The largest absolute Gasteiger partial charge is 0.399 e. The molecule has 4 aliphatic heterocycles. The van der Waals surface area contributed by atoms with Gasteiger partial charge in [0.25, 0.3) is 11.8 Å². The SMILES string of the molecule is Nc1ccc(N2CCN(CC3CCN(c4ccc5c(c4)C(=O)N(C4CCC(=O)NC4=O)C5=O)CC3)CC2)cc1. The van der Waals surface area contributed by atoms with Crippen LogP contribution in [-0.4, -0.2) is 85.3 Å². The third-order valence-electron chi connectivity index (χ3n) is 8.55. The van der Waals surface area contributed by atoms with E-state index in [1.165, 1.54) is 5.69 Å². The fourth-order valence-corrected chi connectivity index (χ4v) is 6.27. The van der Waals surface area contributed by atoms with Crippen LogP contribution in [0.2, 0.25) is 0 Å². The number of nitrogens with zero attached hydrogens (tertiary/aromatic N) is 4. The molecule has 10 nitrogen and oxygen atoms in total. The van der Waals surface area contributed by atoms with Crippen molar-refractivity contribution in [3.05, 3.63) is 53.6 Å². The number of piperidine rings is 2. The van der Waals surface area contributed by atoms with Crippen LogP contribution in [0.15, 0.2) is 42.5 Å². The summed E-state index contributed by atoms with van der Waals surface area (Å²) in [4.78, 5) is 58.3. The third kappa shape index (κ3) is 4.96. The number of piperazine rings is 1. The lowest BCUT2D eigenvalue weighted by molar-refractivity contribution is -0.136. The van der Waals surface area contributed by atoms with E-state index < -0.39 is 23.8 Å². The number of imide groups is 2. The zero-order valence-corrected chi connectivity index (χ0v) is 22.0. The summed E-state index contributed by atoms with van der Waals surface area (Å²) in [6.07, 6.45) is 2.42. The van der Waals surface area contributed by atoms with Gasteiger partial charge in [0.2, 0.25) is 11.8 Å². The first-order valence-electron chi connectivity index (χ1n) is 13.8. The molecule has 39 heavy (non-hydrogen) atoms. The number of carbonyl (C=O) groups is 4. The van der Waals surface area contributed by atoms with Crippen LogP contribution in [0.25, 0.3) is 0 Å². The summed E-state index contributed by atoms with van der Waals surface area (Å²) in [6.45, 7) is 7.02. The molecule has 0 bridgehead atoms. The maximum absolute atomic E-state index is 13.2. The van der Waals surface area contributed by atoms with Crippen LogP contribution < -0.4 is 20.9 Å². The molecular weight excluding hydrogens is 496 g/mol. The lowest BCUT2D eigenvalue weighted by Crippen LogP contribution is -2.54. The van der Waals surface area contributed by atoms with Gasteiger partial charge in [0.1, 0.15) is 6.04 Å². The first-order chi connectivity index (χ1) is 18.9. The van der Waals surface area contributed by atoms with Crippen molar-refractivity contribution in [1.82, 2.24) is 15.1 Å². The number of anilines is 3. The highest BCUT2D eigenvalue weighted by atomic mass is 16.2. The van der Waals surface area contributed by atoms with Gasteiger partial charge in [0.15, 0.2) is 0 Å². The van der Waals surface area contributed by atoms with Crippen molar-refractivity contribution in [3.63, 3.8) is 0 Å². The van der Waals surface area contributed by atoms with Crippen LogP contribution >= 0.6 is 0 Å². The Balaban J connectivity index is 1.03. The fourth-order valence-electron chi connectivity index (χ4n) is 6.27. The van der Waals surface area contributed by atoms with Gasteiger partial charge in [-0.3, -0.25) is 34.3 Å². The van der Waals surface area contributed by atoms with Gasteiger partial charge in [-0.2, -0.15) is 0 Å². The lowest BCUT2D eigenvalue weighted by atomic mass is 9.95. The number of nitrogens with two attached hydrogens (primary N) is 1. The fraction of sp³-hybridized carbons (Fsp3) is 0.448. The number of rotatable bonds is 5. The lowest BCUT2D eigenvalue weighted by Gasteiger charge is -2.40. The Morgan fingerprint density at radius 2 is 1.38 bits per heavy atom. The summed E-state index contributed by atoms with van der Waals surface area (Å²) in [5.41, 5.74) is 9.43. The van der Waals surface area contributed by atoms with E-state index in [4.69, 9.17) is 5.73 Å². The molecule has 6 rings (SSSR count). The molecule has 1 atom stereocenters. The number of carbonyl (C=O) groups excluding carboxylic acids is 4. The molecule has 4 amide bonds. The minimum Gasteiger partial charge on any atom is -0.399 e. The number of benzene rings is 2. The molecular formula is C29H34N6O4. The van der Waals surface area contributed by atoms with Crippen LogP contribution in [0.1, 0.15) is 46.4 Å². The molecule has 1 unspecified atom stereocenters. The topological polar surface area (TPSA) is 119 Å². The summed E-state index contributed by atoms with van der Waals surface area (Å²) < 4.78 is 0. The Morgan fingerprint density at radius 3 is 2.08 bits per heavy atom. The number of hydrogen-bond donors (Lipinski definition) is 2. The molecule has 10 heteroatoms. The van der Waals surface area contributed by atoms with Crippen molar-refractivity contribution in [1.29, 1.82) is 0 Å². The molecule has 0 saturated carbocycles. The number of nitrogens with one attached hydrogen (secondary N) is 1. The minimum atomic E-state index is -0.942. The van der Waals surface area contributed by atoms with Gasteiger partial charge in [-0.25, -0.2) is 0 Å². The number of fused-ring (bicyclic) bond motifs is 1. The van der Waals surface area contributed by atoms with Gasteiger partial charge in [0.05, 0.1) is 11.1 Å². The van der Waals surface area contributed by atoms with E-state index in [1.807, 2.05) is 18.2 Å². The normalized spacial score (nSPS) is 22.9. The molecule has 0 aliphatic carbocycles. The molecule has 204 valence electrons. The third-order valence-corrected chi connectivity index (χ3v) is 8.55. The predicted molar refractivity (Wildman–Crippen MR) is 148 cm³/mol. The van der Waals surface area contributed by atoms with Gasteiger partial charge >= 0.3 is 0 Å². The molecule has 4 aliphatic rings. The van der Waals surface area contributed by atoms with Gasteiger partial charge in [0, 0.05) is 69.3 Å². The van der Waals surface area contributed by atoms with E-state index in [0.29, 0.717) is 17.0 Å². The quantitative estimate of drug-likeness (QED) is 0.443. The summed E-state index contributed by atoms with van der Waals surface area (Å²) in [6, 6.07) is 12.5. The van der Waals surface area contributed by atoms with Gasteiger partial charge in [-0.1, -0.05) is 0 Å². The molecule has 4 heterocycles. The molecule has 3 fully saturated rings. The standard InChI is InChI=1S/C29H34N6O4/c30-20-1-3-21(4-2-20)34-15-13-32(14-16-34)18-19-9-11-33(12-10-19)22-5-6-23-24(17-22)29(39)35(28(23)38)25-7-8-26(36)31-27(25)37/h1-6,17,19,25H,7-16,18,30H2,(H,31,36,37). The Bertz CT molecular complexity index is 1300. The van der Waals surface area contributed by atoms with Crippen molar-refractivity contribution in [2.75, 3.05) is 61.3 Å². The van der Waals surface area contributed by atoms with E-state index in [-0.39, 0.29) is 18.7 Å². The highest BCUT2D eigenvalue weighted by Crippen LogP contribution is 2.32. The first-order valence-corrected chi connectivity index (χ1v) is 13.8. The van der Waals surface area contributed by atoms with Crippen molar-refractivity contribution in [2.45, 2.75) is 31.7 Å². The maximum Gasteiger partial charge on any atom is 0.262 e. The van der Waals surface area contributed by atoms with Crippen LogP contribution in [0.3, 0.4) is 0 Å². The molecule has 2 aromatic carbocycles. The van der Waals surface area contributed by atoms with E-state index in [9.17, 15) is 19.2 Å². The maximum atomic E-state index is 13.2. The second kappa shape index (κ2) is 10.3. The Morgan fingerprint density at radius 1 is 0.744 bits per heavy atom. The molecule has 2 aromatic rings. The average molecular weight is 531 g/mol. The van der Waals surface area contributed by atoms with Crippen LogP contribution in [-0.2, 0) is 9.59 Å². The molecule has 0 radical (unpaired) electrons. The average Bonchev–Trinajstić information content (AvgIpc) is 3.19. The van der Waals surface area contributed by atoms with Crippen LogP contribution in [0.5, 0.6) is 0 Å². The molecule has 0 spiro atoms. The van der Waals surface area contributed by atoms with Gasteiger partial charge in [-0.05, 0) is 67.6 Å². The number of amides is 4. The van der Waals surface area contributed by atoms with Crippen molar-refractivity contribution >= 4 is 40.7 Å². The van der Waals surface area contributed by atoms with E-state index in [0.717, 1.165) is 74.9 Å². The highest BCUT2D eigenvalue weighted by Gasteiger charge is 2.44. The Hall–Kier alpha value is -3.92. The van der Waals surface area contributed by atoms with Crippen molar-refractivity contribution < 1.29 is 19.2 Å². The Kier molecular flexibility index (Phi) is 6.72. The second-order valence-electron chi connectivity index (χ2n) is 11.0. The van der Waals surface area contributed by atoms with E-state index in [1.54, 1.807) is 12.1 Å². The zero-order chi connectivity index (χ0) is 27.1. The number of hydrogen-bond acceptors (Lipinski definition) is 8. The second-order valence-corrected chi connectivity index (χ2v) is 11.0. The minimum absolute atomic E-state index is 0.113. The monoisotopic (exact) mass is 530 g/mol. The molecule has 3 N–H and O–H groups in total.